The van der Waals surface area contributed by atoms with Crippen LogP contribution in [0, 0.1) is 6.07 Å². The van der Waals surface area contributed by atoms with Gasteiger partial charge in [0.1, 0.15) is 0 Å². The van der Waals surface area contributed by atoms with E-state index in [0.717, 1.165) is 45.1 Å². The predicted octanol–water partition coefficient (Wildman–Crippen LogP) is 12.7. The van der Waals surface area contributed by atoms with Crippen molar-refractivity contribution >= 4 is 38.9 Å². The van der Waals surface area contributed by atoms with Gasteiger partial charge in [-0.15, -0.1) is 46.1 Å². The molecule has 0 aliphatic rings. The van der Waals surface area contributed by atoms with Crippen molar-refractivity contribution < 1.29 is 34.7 Å². The van der Waals surface area contributed by atoms with Gasteiger partial charge < -0.3 is 29.1 Å². The Hall–Kier alpha value is -7.00. The van der Waals surface area contributed by atoms with Crippen LogP contribution >= 0.6 is 0 Å². The zero-order chi connectivity index (χ0) is 42.7. The van der Waals surface area contributed by atoms with Gasteiger partial charge in [0.2, 0.25) is 11.8 Å². The Bertz CT molecular complexity index is 2830. The fourth-order valence-electron chi connectivity index (χ4n) is 7.33. The molecule has 8 nitrogen and oxygen atoms in total. The minimum atomic E-state index is -0.375. The molecule has 0 amide bonds. The second-order valence-electron chi connectivity index (χ2n) is 14.8. The van der Waals surface area contributed by atoms with E-state index in [1.165, 1.54) is 21.8 Å². The topological polar surface area (TPSA) is 100 Å². The molecule has 0 fully saturated rings. The summed E-state index contributed by atoms with van der Waals surface area (Å²) < 4.78 is 8.33. The molecule has 0 aliphatic carbocycles. The van der Waals surface area contributed by atoms with Crippen LogP contribution in [0.15, 0.2) is 211 Å². The van der Waals surface area contributed by atoms with Gasteiger partial charge in [0.05, 0.1) is 23.2 Å². The summed E-state index contributed by atoms with van der Waals surface area (Å²) in [4.78, 5) is 6.47. The summed E-state index contributed by atoms with van der Waals surface area (Å²) in [6.07, 6.45) is 1.51. The first-order valence-electron chi connectivity index (χ1n) is 20.6. The summed E-state index contributed by atoms with van der Waals surface area (Å²) in [5, 5.41) is 28.2. The number of rotatable bonds is 9. The Morgan fingerprint density at radius 1 is 0.540 bits per heavy atom. The van der Waals surface area contributed by atoms with Crippen molar-refractivity contribution in [3.05, 3.63) is 212 Å². The average molecular weight is 1010 g/mol. The van der Waals surface area contributed by atoms with Crippen molar-refractivity contribution in [2.24, 2.45) is 0 Å². The second-order valence-corrected chi connectivity index (χ2v) is 14.8. The van der Waals surface area contributed by atoms with Gasteiger partial charge in [-0.05, 0) is 117 Å². The van der Waals surface area contributed by atoms with Crippen molar-refractivity contribution in [2.75, 3.05) is 4.90 Å². The molecule has 10 rings (SSSR count). The van der Waals surface area contributed by atoms with E-state index in [1.54, 1.807) is 20.0 Å². The third kappa shape index (κ3) is 10.7. The van der Waals surface area contributed by atoms with E-state index >= 15 is 0 Å². The van der Waals surface area contributed by atoms with Crippen molar-refractivity contribution in [2.45, 2.75) is 32.5 Å². The van der Waals surface area contributed by atoms with Crippen LogP contribution in [0.2, 0.25) is 0 Å². The zero-order valence-corrected chi connectivity index (χ0v) is 37.3. The molecule has 2 unspecified atom stereocenters. The molecule has 2 N–H and O–H groups in total. The Balaban J connectivity index is 0.000000247. The molecule has 0 aliphatic heterocycles. The number of aliphatic hydroxyl groups is 2. The zero-order valence-electron chi connectivity index (χ0n) is 34.9. The van der Waals surface area contributed by atoms with E-state index in [1.807, 2.05) is 91.0 Å². The molecule has 2 atom stereocenters. The fourth-order valence-corrected chi connectivity index (χ4v) is 7.33. The minimum Gasteiger partial charge on any atom is -0.416 e. The molecule has 0 saturated heterocycles. The molecule has 0 spiro atoms. The first-order valence-corrected chi connectivity index (χ1v) is 20.6. The predicted molar refractivity (Wildman–Crippen MR) is 251 cm³/mol. The number of pyridine rings is 1. The SMILES string of the molecule is CC(O)CC(C)O.[Ir].[c-]1ccccc1-c1ccccn1.c1ccc(-c2nnc(-c3ccc(N(c4ccccc4)c4ccc(-n5c6ccccc6c6ccccc65)cc4)cc3)o2)cc1. The fraction of sp³-hybridized carbons (Fsp3) is 0.0926. The maximum Gasteiger partial charge on any atom is 0.248 e. The Morgan fingerprint density at radius 3 is 1.56 bits per heavy atom. The number of aromatic nitrogens is 4. The molecule has 3 aromatic heterocycles. The van der Waals surface area contributed by atoms with Crippen molar-refractivity contribution in [1.29, 1.82) is 0 Å². The van der Waals surface area contributed by atoms with Crippen LogP contribution in [0.1, 0.15) is 20.3 Å². The third-order valence-electron chi connectivity index (χ3n) is 10.1. The van der Waals surface area contributed by atoms with E-state index in [2.05, 4.69) is 140 Å². The normalized spacial score (nSPS) is 11.6. The summed E-state index contributed by atoms with van der Waals surface area (Å²) in [6, 6.07) is 71.2. The summed E-state index contributed by atoms with van der Waals surface area (Å²) in [5.74, 6) is 1.00. The summed E-state index contributed by atoms with van der Waals surface area (Å²) in [5.41, 5.74) is 10.5. The van der Waals surface area contributed by atoms with E-state index in [0.29, 0.717) is 18.2 Å². The molecular formula is C54H46IrN5O3-. The Morgan fingerprint density at radius 2 is 1.03 bits per heavy atom. The number of hydrogen-bond acceptors (Lipinski definition) is 7. The van der Waals surface area contributed by atoms with Crippen molar-refractivity contribution in [3.63, 3.8) is 0 Å². The molecule has 0 saturated carbocycles. The van der Waals surface area contributed by atoms with Crippen molar-refractivity contribution in [1.82, 2.24) is 19.7 Å². The van der Waals surface area contributed by atoms with Gasteiger partial charge in [-0.1, -0.05) is 84.9 Å². The molecule has 1 radical (unpaired) electrons. The van der Waals surface area contributed by atoms with E-state index < -0.39 is 0 Å². The van der Waals surface area contributed by atoms with Gasteiger partial charge in [0, 0.05) is 71.0 Å². The molecule has 0 bridgehead atoms. The van der Waals surface area contributed by atoms with Crippen LogP contribution in [0.4, 0.5) is 17.1 Å². The Labute approximate surface area is 381 Å². The van der Waals surface area contributed by atoms with Crippen LogP contribution in [-0.4, -0.2) is 42.2 Å². The molecule has 7 aromatic carbocycles. The number of para-hydroxylation sites is 3. The van der Waals surface area contributed by atoms with Gasteiger partial charge in [-0.3, -0.25) is 0 Å². The third-order valence-corrected chi connectivity index (χ3v) is 10.1. The standard InChI is InChI=1S/C38H26N4O.C11H8N.C5H12O2.Ir/c1-3-11-27(12-4-1)37-39-40-38(43-37)28-19-21-30(22-20-28)41(29-13-5-2-6-14-29)31-23-25-32(26-24-31)42-35-17-9-7-15-33(35)34-16-8-10-18-36(34)42;1-2-6-10(7-3-1)11-8-4-5-9-12-11;1-4(6)3-5(2)7;/h1-26H;1-6,8-9H;4-7H,3H2,1-2H3;/q;-1;;. The van der Waals surface area contributed by atoms with Gasteiger partial charge in [0.15, 0.2) is 0 Å². The van der Waals surface area contributed by atoms with Gasteiger partial charge >= 0.3 is 0 Å². The molecule has 63 heavy (non-hydrogen) atoms. The smallest absolute Gasteiger partial charge is 0.248 e. The van der Waals surface area contributed by atoms with Crippen LogP contribution in [0.3, 0.4) is 0 Å². The number of nitrogens with zero attached hydrogens (tertiary/aromatic N) is 5. The van der Waals surface area contributed by atoms with E-state index in [9.17, 15) is 0 Å². The summed E-state index contributed by atoms with van der Waals surface area (Å²) >= 11 is 0. The van der Waals surface area contributed by atoms with E-state index in [-0.39, 0.29) is 32.3 Å². The van der Waals surface area contributed by atoms with Crippen LogP contribution in [-0.2, 0) is 20.1 Å². The first-order chi connectivity index (χ1) is 30.4. The number of fused-ring (bicyclic) bond motifs is 3. The number of aliphatic hydroxyl groups excluding tert-OH is 2. The molecule has 315 valence electrons. The number of anilines is 3. The van der Waals surface area contributed by atoms with E-state index in [4.69, 9.17) is 14.6 Å². The van der Waals surface area contributed by atoms with Crippen LogP contribution < -0.4 is 4.90 Å². The van der Waals surface area contributed by atoms with Gasteiger partial charge in [-0.2, -0.15) is 0 Å². The molecular weight excluding hydrogens is 959 g/mol. The van der Waals surface area contributed by atoms with Gasteiger partial charge in [0.25, 0.3) is 0 Å². The maximum atomic E-state index is 8.56. The Kier molecular flexibility index (Phi) is 14.8. The summed E-state index contributed by atoms with van der Waals surface area (Å²) in [6.45, 7) is 3.32. The molecule has 9 heteroatoms. The van der Waals surface area contributed by atoms with Crippen molar-refractivity contribution in [3.8, 4) is 39.9 Å². The summed E-state index contributed by atoms with van der Waals surface area (Å²) in [7, 11) is 0. The first kappa shape index (κ1) is 44.1. The van der Waals surface area contributed by atoms with Crippen LogP contribution in [0.25, 0.3) is 61.7 Å². The van der Waals surface area contributed by atoms with Crippen LogP contribution in [0.5, 0.6) is 0 Å². The minimum absolute atomic E-state index is 0. The average Bonchev–Trinajstić information content (AvgIpc) is 3.95. The largest absolute Gasteiger partial charge is 0.416 e. The number of hydrogen-bond donors (Lipinski definition) is 2. The quantitative estimate of drug-likeness (QED) is 0.139. The van der Waals surface area contributed by atoms with Gasteiger partial charge in [-0.25, -0.2) is 0 Å². The maximum absolute atomic E-state index is 8.56. The number of benzene rings is 7. The monoisotopic (exact) mass is 1010 g/mol. The molecule has 3 heterocycles. The second kappa shape index (κ2) is 21.2. The molecule has 10 aromatic rings.